The van der Waals surface area contributed by atoms with E-state index in [1.807, 2.05) is 26.0 Å². The largest absolute Gasteiger partial charge is 0.477 e. The molecule has 1 aliphatic heterocycles. The molecule has 0 N–H and O–H groups in total. The van der Waals surface area contributed by atoms with E-state index in [0.29, 0.717) is 18.4 Å². The summed E-state index contributed by atoms with van der Waals surface area (Å²) < 4.78 is 11.6. The van der Waals surface area contributed by atoms with Crippen LogP contribution in [-0.2, 0) is 12.8 Å². The summed E-state index contributed by atoms with van der Waals surface area (Å²) in [7, 11) is 0. The highest BCUT2D eigenvalue weighted by molar-refractivity contribution is 5.41. The number of aromatic nitrogens is 3. The lowest BCUT2D eigenvalue weighted by molar-refractivity contribution is 0.229. The van der Waals surface area contributed by atoms with Crippen molar-refractivity contribution in [1.29, 1.82) is 0 Å². The van der Waals surface area contributed by atoms with E-state index in [9.17, 15) is 0 Å². The summed E-state index contributed by atoms with van der Waals surface area (Å²) in [6.45, 7) is 9.99. The highest BCUT2D eigenvalue weighted by Gasteiger charge is 2.18. The number of nitrogens with zero attached hydrogens (tertiary/aromatic N) is 5. The van der Waals surface area contributed by atoms with Crippen molar-refractivity contribution >= 4 is 5.82 Å². The van der Waals surface area contributed by atoms with Crippen LogP contribution in [0.5, 0.6) is 11.8 Å². The van der Waals surface area contributed by atoms with Crippen molar-refractivity contribution in [2.45, 2.75) is 58.5 Å². The Balaban J connectivity index is 1.13. The average molecular weight is 426 g/mol. The molecule has 0 bridgehead atoms. The zero-order valence-corrected chi connectivity index (χ0v) is 18.9. The van der Waals surface area contributed by atoms with Gasteiger partial charge < -0.3 is 14.4 Å². The van der Waals surface area contributed by atoms with Crippen molar-refractivity contribution in [3.05, 3.63) is 35.8 Å². The monoisotopic (exact) mass is 425 g/mol. The second-order valence-electron chi connectivity index (χ2n) is 8.69. The van der Waals surface area contributed by atoms with Crippen LogP contribution in [0.4, 0.5) is 5.82 Å². The highest BCUT2D eigenvalue weighted by Crippen LogP contribution is 2.20. The number of ether oxygens (including phenoxy) is 2. The molecule has 1 saturated heterocycles. The zero-order valence-electron chi connectivity index (χ0n) is 18.9. The Morgan fingerprint density at radius 3 is 2.55 bits per heavy atom. The number of rotatable bonds is 9. The average Bonchev–Trinajstić information content (AvgIpc) is 2.79. The molecule has 2 aliphatic rings. The van der Waals surface area contributed by atoms with E-state index in [0.717, 1.165) is 75.6 Å². The van der Waals surface area contributed by atoms with Crippen LogP contribution in [0.2, 0.25) is 0 Å². The van der Waals surface area contributed by atoms with Gasteiger partial charge >= 0.3 is 0 Å². The number of fused-ring (bicyclic) bond motifs is 1. The van der Waals surface area contributed by atoms with Gasteiger partial charge in [0.25, 0.3) is 0 Å². The van der Waals surface area contributed by atoms with Crippen molar-refractivity contribution in [3.63, 3.8) is 0 Å². The van der Waals surface area contributed by atoms with Crippen LogP contribution >= 0.6 is 0 Å². The van der Waals surface area contributed by atoms with E-state index < -0.39 is 0 Å². The van der Waals surface area contributed by atoms with Crippen LogP contribution in [0.15, 0.2) is 24.4 Å². The fraction of sp³-hybridized carbons (Fsp3) is 0.625. The van der Waals surface area contributed by atoms with Gasteiger partial charge in [0.2, 0.25) is 11.8 Å². The Bertz CT molecular complexity index is 836. The van der Waals surface area contributed by atoms with Gasteiger partial charge in [0.1, 0.15) is 5.82 Å². The third kappa shape index (κ3) is 6.29. The molecule has 1 fully saturated rings. The molecule has 0 aromatic carbocycles. The number of piperazine rings is 1. The van der Waals surface area contributed by atoms with Crippen LogP contribution in [0.25, 0.3) is 0 Å². The van der Waals surface area contributed by atoms with Gasteiger partial charge in [0.15, 0.2) is 0 Å². The van der Waals surface area contributed by atoms with E-state index in [2.05, 4.69) is 30.8 Å². The molecule has 0 unspecified atom stereocenters. The molecule has 2 aromatic rings. The maximum absolute atomic E-state index is 5.85. The zero-order chi connectivity index (χ0) is 21.5. The van der Waals surface area contributed by atoms with Crippen molar-refractivity contribution in [3.8, 4) is 11.8 Å². The summed E-state index contributed by atoms with van der Waals surface area (Å²) in [5, 5.41) is 0. The first-order chi connectivity index (χ1) is 15.2. The molecule has 3 heterocycles. The number of aryl methyl sites for hydroxylation is 2. The first-order valence-corrected chi connectivity index (χ1v) is 11.8. The van der Waals surface area contributed by atoms with Gasteiger partial charge in [-0.3, -0.25) is 9.88 Å². The Kier molecular flexibility index (Phi) is 7.57. The predicted octanol–water partition coefficient (Wildman–Crippen LogP) is 3.52. The molecule has 0 atom stereocenters. The quantitative estimate of drug-likeness (QED) is 0.570. The van der Waals surface area contributed by atoms with Gasteiger partial charge in [-0.15, -0.1) is 0 Å². The molecule has 0 amide bonds. The standard InChI is InChI=1S/C24H35N5O2/c1-19(2)31-23-11-7-10-22(27-23)29-15-13-28(14-16-29)12-5-6-17-30-24-18-25-20-8-3-4-9-21(20)26-24/h7,10-11,18-19H,3-6,8-9,12-17H2,1-2H3. The summed E-state index contributed by atoms with van der Waals surface area (Å²) in [6.07, 6.45) is 8.64. The molecule has 168 valence electrons. The molecule has 0 spiro atoms. The Hall–Kier alpha value is -2.41. The maximum Gasteiger partial charge on any atom is 0.232 e. The molecule has 4 rings (SSSR count). The number of unbranched alkanes of at least 4 members (excludes halogenated alkanes) is 1. The molecule has 7 nitrogen and oxygen atoms in total. The minimum absolute atomic E-state index is 0.142. The molecular formula is C24H35N5O2. The minimum atomic E-state index is 0.142. The number of anilines is 1. The molecule has 0 saturated carbocycles. The maximum atomic E-state index is 5.85. The van der Waals surface area contributed by atoms with Crippen molar-refractivity contribution in [2.24, 2.45) is 0 Å². The summed E-state index contributed by atoms with van der Waals surface area (Å²) in [5.41, 5.74) is 2.30. The Labute approximate surface area is 185 Å². The summed E-state index contributed by atoms with van der Waals surface area (Å²) in [4.78, 5) is 18.7. The van der Waals surface area contributed by atoms with Gasteiger partial charge in [-0.1, -0.05) is 6.07 Å². The molecule has 7 heteroatoms. The number of pyridine rings is 1. The SMILES string of the molecule is CC(C)Oc1cccc(N2CCN(CCCCOc3cnc4c(n3)CCCC4)CC2)n1. The summed E-state index contributed by atoms with van der Waals surface area (Å²) in [6, 6.07) is 6.03. The van der Waals surface area contributed by atoms with Gasteiger partial charge in [-0.25, -0.2) is 4.98 Å². The number of hydrogen-bond donors (Lipinski definition) is 0. The lowest BCUT2D eigenvalue weighted by Crippen LogP contribution is -2.47. The summed E-state index contributed by atoms with van der Waals surface area (Å²) in [5.74, 6) is 2.40. The Morgan fingerprint density at radius 1 is 0.935 bits per heavy atom. The van der Waals surface area contributed by atoms with Crippen molar-refractivity contribution < 1.29 is 9.47 Å². The van der Waals surface area contributed by atoms with Crippen LogP contribution in [-0.4, -0.2) is 65.3 Å². The molecule has 2 aromatic heterocycles. The van der Waals surface area contributed by atoms with E-state index in [1.165, 1.54) is 12.8 Å². The molecule has 0 radical (unpaired) electrons. The van der Waals surface area contributed by atoms with Crippen LogP contribution in [0.1, 0.15) is 50.9 Å². The second kappa shape index (κ2) is 10.8. The fourth-order valence-corrected chi connectivity index (χ4v) is 4.20. The van der Waals surface area contributed by atoms with E-state index in [1.54, 1.807) is 6.20 Å². The van der Waals surface area contributed by atoms with Gasteiger partial charge in [-0.05, 0) is 65.0 Å². The third-order valence-electron chi connectivity index (χ3n) is 5.87. The normalized spacial score (nSPS) is 16.9. The lowest BCUT2D eigenvalue weighted by atomic mass is 10.0. The predicted molar refractivity (Wildman–Crippen MR) is 122 cm³/mol. The van der Waals surface area contributed by atoms with E-state index in [-0.39, 0.29) is 6.10 Å². The van der Waals surface area contributed by atoms with E-state index >= 15 is 0 Å². The lowest BCUT2D eigenvalue weighted by Gasteiger charge is -2.35. The van der Waals surface area contributed by atoms with E-state index in [4.69, 9.17) is 9.47 Å². The smallest absolute Gasteiger partial charge is 0.232 e. The topological polar surface area (TPSA) is 63.6 Å². The fourth-order valence-electron chi connectivity index (χ4n) is 4.20. The van der Waals surface area contributed by atoms with Crippen LogP contribution in [0.3, 0.4) is 0 Å². The van der Waals surface area contributed by atoms with Crippen molar-refractivity contribution in [2.75, 3.05) is 44.2 Å². The first kappa shape index (κ1) is 21.8. The highest BCUT2D eigenvalue weighted by atomic mass is 16.5. The van der Waals surface area contributed by atoms with Gasteiger partial charge in [0, 0.05) is 32.2 Å². The van der Waals surface area contributed by atoms with Crippen LogP contribution < -0.4 is 14.4 Å². The minimum Gasteiger partial charge on any atom is -0.477 e. The van der Waals surface area contributed by atoms with Crippen molar-refractivity contribution in [1.82, 2.24) is 19.9 Å². The van der Waals surface area contributed by atoms with Crippen LogP contribution in [0, 0.1) is 0 Å². The summed E-state index contributed by atoms with van der Waals surface area (Å²) >= 11 is 0. The molecule has 1 aliphatic carbocycles. The first-order valence-electron chi connectivity index (χ1n) is 11.8. The Morgan fingerprint density at radius 2 is 1.74 bits per heavy atom. The molecule has 31 heavy (non-hydrogen) atoms. The second-order valence-corrected chi connectivity index (χ2v) is 8.69. The van der Waals surface area contributed by atoms with Gasteiger partial charge in [-0.2, -0.15) is 4.98 Å². The molecular weight excluding hydrogens is 390 g/mol. The number of hydrogen-bond acceptors (Lipinski definition) is 7. The van der Waals surface area contributed by atoms with Gasteiger partial charge in [0.05, 0.1) is 30.3 Å². The third-order valence-corrected chi connectivity index (χ3v) is 5.87.